The summed E-state index contributed by atoms with van der Waals surface area (Å²) in [4.78, 5) is 15.8. The molecule has 0 radical (unpaired) electrons. The second kappa shape index (κ2) is 10.1. The number of allylic oxidation sites excluding steroid dienone is 1. The molecule has 0 saturated carbocycles. The Bertz CT molecular complexity index is 1420. The van der Waals surface area contributed by atoms with Gasteiger partial charge in [-0.15, -0.1) is 16.8 Å². The summed E-state index contributed by atoms with van der Waals surface area (Å²) in [5.74, 6) is -6.76. The van der Waals surface area contributed by atoms with Crippen molar-refractivity contribution in [1.82, 2.24) is 30.2 Å². The topological polar surface area (TPSA) is 98.6 Å². The van der Waals surface area contributed by atoms with Crippen LogP contribution in [0.1, 0.15) is 27.6 Å². The van der Waals surface area contributed by atoms with Gasteiger partial charge in [-0.3, -0.25) is 0 Å². The number of imidazole rings is 1. The SMILES string of the molecule is C=CCc1nc(C(F)(F)C(F)(F)F)c(C(=O)OS)n1Cc1ccc(-c2ccccc2-c2nn[nH]n2)cc1. The van der Waals surface area contributed by atoms with Crippen LogP contribution in [0.15, 0.2) is 61.2 Å². The lowest BCUT2D eigenvalue weighted by Crippen LogP contribution is -2.35. The largest absolute Gasteiger partial charge is 0.459 e. The van der Waals surface area contributed by atoms with Gasteiger partial charge in [0.25, 0.3) is 0 Å². The van der Waals surface area contributed by atoms with Gasteiger partial charge in [0.05, 0.1) is 0 Å². The molecule has 0 atom stereocenters. The second-order valence-corrected chi connectivity index (χ2v) is 7.92. The molecular weight excluding hydrogens is 519 g/mol. The Hall–Kier alpha value is -4.07. The van der Waals surface area contributed by atoms with Crippen molar-refractivity contribution in [2.75, 3.05) is 0 Å². The molecule has 0 aliphatic rings. The summed E-state index contributed by atoms with van der Waals surface area (Å²) in [6, 6.07) is 14.0. The summed E-state index contributed by atoms with van der Waals surface area (Å²) < 4.78 is 73.3. The van der Waals surface area contributed by atoms with E-state index in [9.17, 15) is 26.7 Å². The Morgan fingerprint density at radius 2 is 1.76 bits per heavy atom. The molecule has 8 nitrogen and oxygen atoms in total. The highest BCUT2D eigenvalue weighted by molar-refractivity contribution is 7.75. The predicted molar refractivity (Wildman–Crippen MR) is 125 cm³/mol. The third kappa shape index (κ3) is 4.96. The fourth-order valence-corrected chi connectivity index (χ4v) is 3.82. The van der Waals surface area contributed by atoms with Gasteiger partial charge in [0.1, 0.15) is 5.82 Å². The summed E-state index contributed by atoms with van der Waals surface area (Å²) in [7, 11) is 0. The van der Waals surface area contributed by atoms with Crippen molar-refractivity contribution in [1.29, 1.82) is 0 Å². The van der Waals surface area contributed by atoms with E-state index in [1.807, 2.05) is 12.1 Å². The number of benzene rings is 2. The lowest BCUT2D eigenvalue weighted by atomic mass is 9.98. The fourth-order valence-electron chi connectivity index (χ4n) is 3.74. The molecule has 0 aliphatic carbocycles. The van der Waals surface area contributed by atoms with Crippen molar-refractivity contribution in [2.24, 2.45) is 0 Å². The smallest absolute Gasteiger partial charge is 0.390 e. The highest BCUT2D eigenvalue weighted by Crippen LogP contribution is 2.45. The standard InChI is InChI=1S/C23H17F5N6O2S/c1-2-5-17-29-19(22(24,25)23(26,27)28)18(21(35)36-37)34(17)12-13-8-10-14(11-9-13)15-6-3-4-7-16(15)20-30-32-33-31-20/h2-4,6-11,37H,1,5,12H2,(H,30,31,32,33). The molecule has 0 aliphatic heterocycles. The van der Waals surface area contributed by atoms with Gasteiger partial charge in [0.15, 0.2) is 11.4 Å². The number of carbonyl (C=O) groups excluding carboxylic acids is 1. The van der Waals surface area contributed by atoms with E-state index in [4.69, 9.17) is 0 Å². The first kappa shape index (κ1) is 26.0. The van der Waals surface area contributed by atoms with E-state index in [0.717, 1.165) is 15.7 Å². The lowest BCUT2D eigenvalue weighted by Gasteiger charge is -2.19. The minimum atomic E-state index is -5.99. The maximum atomic E-state index is 14.3. The van der Waals surface area contributed by atoms with Gasteiger partial charge in [0.2, 0.25) is 5.82 Å². The number of aromatic amines is 1. The van der Waals surface area contributed by atoms with Crippen molar-refractivity contribution < 1.29 is 30.9 Å². The maximum absolute atomic E-state index is 14.3. The normalized spacial score (nSPS) is 11.9. The van der Waals surface area contributed by atoms with E-state index in [0.29, 0.717) is 17.0 Å². The number of carbonyl (C=O) groups is 1. The Morgan fingerprint density at radius 1 is 1.08 bits per heavy atom. The third-order valence-corrected chi connectivity index (χ3v) is 5.59. The molecule has 0 amide bonds. The highest BCUT2D eigenvalue weighted by Gasteiger charge is 2.62. The highest BCUT2D eigenvalue weighted by atomic mass is 32.1. The molecule has 0 spiro atoms. The molecule has 4 aromatic rings. The van der Waals surface area contributed by atoms with Crippen LogP contribution in [0, 0.1) is 0 Å². The summed E-state index contributed by atoms with van der Waals surface area (Å²) >= 11 is 3.31. The Labute approximate surface area is 211 Å². The van der Waals surface area contributed by atoms with Crippen LogP contribution in [-0.4, -0.2) is 42.3 Å². The summed E-state index contributed by atoms with van der Waals surface area (Å²) in [5, 5.41) is 13.9. The molecule has 14 heteroatoms. The van der Waals surface area contributed by atoms with Crippen LogP contribution in [0.2, 0.25) is 0 Å². The first-order valence-electron chi connectivity index (χ1n) is 10.5. The molecule has 2 heterocycles. The van der Waals surface area contributed by atoms with Gasteiger partial charge in [0, 0.05) is 31.4 Å². The minimum absolute atomic E-state index is 0.184. The number of nitrogens with zero attached hydrogens (tertiary/aromatic N) is 5. The molecule has 2 aromatic carbocycles. The van der Waals surface area contributed by atoms with Gasteiger partial charge < -0.3 is 8.75 Å². The molecule has 4 rings (SSSR count). The number of aromatic nitrogens is 6. The van der Waals surface area contributed by atoms with Crippen molar-refractivity contribution in [3.8, 4) is 22.5 Å². The number of rotatable bonds is 8. The van der Waals surface area contributed by atoms with Gasteiger partial charge in [-0.1, -0.05) is 54.6 Å². The van der Waals surface area contributed by atoms with E-state index in [2.05, 4.69) is 49.3 Å². The molecule has 0 unspecified atom stereocenters. The van der Waals surface area contributed by atoms with Crippen LogP contribution in [0.5, 0.6) is 0 Å². The van der Waals surface area contributed by atoms with Crippen molar-refractivity contribution in [3.05, 3.63) is 84.0 Å². The fraction of sp³-hybridized carbons (Fsp3) is 0.174. The van der Waals surface area contributed by atoms with Crippen LogP contribution in [0.25, 0.3) is 22.5 Å². The van der Waals surface area contributed by atoms with E-state index in [1.54, 1.807) is 36.4 Å². The molecular formula is C23H17F5N6O2S. The number of hydrogen-bond acceptors (Lipinski definition) is 7. The molecule has 1 N–H and O–H groups in total. The quantitative estimate of drug-likeness (QED) is 0.140. The zero-order valence-electron chi connectivity index (χ0n) is 18.7. The van der Waals surface area contributed by atoms with Gasteiger partial charge in [-0.2, -0.15) is 27.2 Å². The van der Waals surface area contributed by atoms with E-state index in [-0.39, 0.29) is 18.8 Å². The maximum Gasteiger partial charge on any atom is 0.459 e. The average Bonchev–Trinajstić information content (AvgIpc) is 3.53. The summed E-state index contributed by atoms with van der Waals surface area (Å²) in [6.07, 6.45) is -4.91. The summed E-state index contributed by atoms with van der Waals surface area (Å²) in [5.41, 5.74) is -0.108. The molecule has 2 aromatic heterocycles. The minimum Gasteiger partial charge on any atom is -0.390 e. The van der Waals surface area contributed by atoms with Crippen LogP contribution >= 0.6 is 12.9 Å². The van der Waals surface area contributed by atoms with Crippen LogP contribution in [0.4, 0.5) is 22.0 Å². The van der Waals surface area contributed by atoms with Crippen molar-refractivity contribution >= 4 is 18.9 Å². The number of halogens is 5. The monoisotopic (exact) mass is 536 g/mol. The van der Waals surface area contributed by atoms with Gasteiger partial charge >= 0.3 is 18.1 Å². The van der Waals surface area contributed by atoms with Crippen LogP contribution in [-0.2, 0) is 23.1 Å². The number of alkyl halides is 5. The Balaban J connectivity index is 1.76. The molecule has 0 saturated heterocycles. The zero-order chi connectivity index (χ0) is 26.8. The van der Waals surface area contributed by atoms with E-state index >= 15 is 0 Å². The number of thiol groups is 1. The summed E-state index contributed by atoms with van der Waals surface area (Å²) in [6.45, 7) is 3.23. The van der Waals surface area contributed by atoms with Crippen LogP contribution < -0.4 is 0 Å². The van der Waals surface area contributed by atoms with Gasteiger partial charge in [-0.25, -0.2) is 9.78 Å². The van der Waals surface area contributed by atoms with E-state index < -0.39 is 29.5 Å². The van der Waals surface area contributed by atoms with Crippen molar-refractivity contribution in [2.45, 2.75) is 25.1 Å². The van der Waals surface area contributed by atoms with Crippen LogP contribution in [0.3, 0.4) is 0 Å². The molecule has 192 valence electrons. The number of hydrogen-bond donors (Lipinski definition) is 2. The van der Waals surface area contributed by atoms with Crippen molar-refractivity contribution in [3.63, 3.8) is 0 Å². The zero-order valence-corrected chi connectivity index (χ0v) is 19.6. The number of tetrazole rings is 1. The van der Waals surface area contributed by atoms with E-state index in [1.165, 1.54) is 6.08 Å². The number of H-pyrrole nitrogens is 1. The third-order valence-electron chi connectivity index (χ3n) is 5.42. The predicted octanol–water partition coefficient (Wildman–Crippen LogP) is 5.16. The molecule has 37 heavy (non-hydrogen) atoms. The second-order valence-electron chi connectivity index (χ2n) is 7.73. The molecule has 0 bridgehead atoms. The van der Waals surface area contributed by atoms with Gasteiger partial charge in [-0.05, 0) is 21.9 Å². The number of nitrogens with one attached hydrogen (secondary N) is 1. The molecule has 0 fully saturated rings. The lowest BCUT2D eigenvalue weighted by molar-refractivity contribution is -0.291. The first-order valence-corrected chi connectivity index (χ1v) is 10.9. The average molecular weight is 536 g/mol. The Morgan fingerprint density at radius 3 is 2.32 bits per heavy atom. The Kier molecular flexibility index (Phi) is 7.12. The first-order chi connectivity index (χ1) is 17.6.